The van der Waals surface area contributed by atoms with Crippen molar-refractivity contribution in [3.8, 4) is 0 Å². The molecule has 0 bridgehead atoms. The van der Waals surface area contributed by atoms with Crippen LogP contribution >= 0.6 is 0 Å². The fraction of sp³-hybridized carbons (Fsp3) is 0.333. The Balaban J connectivity index is 1.81. The lowest BCUT2D eigenvalue weighted by molar-refractivity contribution is -0.148. The maximum Gasteiger partial charge on any atom is 0.111 e. The van der Waals surface area contributed by atoms with Crippen LogP contribution in [-0.2, 0) is 9.47 Å². The van der Waals surface area contributed by atoms with Crippen molar-refractivity contribution in [2.75, 3.05) is 26.4 Å². The molecule has 0 aliphatic rings. The zero-order valence-electron chi connectivity index (χ0n) is 16.8. The van der Waals surface area contributed by atoms with E-state index in [0.29, 0.717) is 0 Å². The topological polar surface area (TPSA) is 99.4 Å². The van der Waals surface area contributed by atoms with Crippen LogP contribution < -0.4 is 0 Å². The molecule has 30 heavy (non-hydrogen) atoms. The van der Waals surface area contributed by atoms with E-state index in [9.17, 15) is 20.4 Å². The summed E-state index contributed by atoms with van der Waals surface area (Å²) in [6.07, 6.45) is 2.35. The minimum Gasteiger partial charge on any atom is -0.394 e. The van der Waals surface area contributed by atoms with E-state index in [2.05, 4.69) is 0 Å². The van der Waals surface area contributed by atoms with Crippen LogP contribution in [0, 0.1) is 0 Å². The number of benzene rings is 2. The fourth-order valence-corrected chi connectivity index (χ4v) is 2.81. The highest BCUT2D eigenvalue weighted by Gasteiger charge is 2.32. The summed E-state index contributed by atoms with van der Waals surface area (Å²) >= 11 is 0. The molecular weight excluding hydrogens is 384 g/mol. The maximum atomic E-state index is 10.4. The summed E-state index contributed by atoms with van der Waals surface area (Å²) in [6.45, 7) is -0.671. The van der Waals surface area contributed by atoms with Gasteiger partial charge in [0.1, 0.15) is 24.4 Å². The van der Waals surface area contributed by atoms with Gasteiger partial charge in [0.25, 0.3) is 0 Å². The van der Waals surface area contributed by atoms with E-state index >= 15 is 0 Å². The Labute approximate surface area is 177 Å². The molecule has 0 unspecified atom stereocenters. The SMILES string of the molecule is OC[C@@H](OCC=Cc1ccccc1)[C@@H](O)[C@H](O)[C@@H](CO)OCC=Cc1ccccc1. The zero-order valence-corrected chi connectivity index (χ0v) is 16.8. The quantitative estimate of drug-likeness (QED) is 0.400. The predicted octanol–water partition coefficient (Wildman–Crippen LogP) is 1.89. The average Bonchev–Trinajstić information content (AvgIpc) is 2.80. The molecule has 6 heteroatoms. The number of hydrogen-bond donors (Lipinski definition) is 4. The lowest BCUT2D eigenvalue weighted by atomic mass is 10.0. The summed E-state index contributed by atoms with van der Waals surface area (Å²) in [5.74, 6) is 0. The standard InChI is InChI=1S/C24H30O6/c25-17-21(29-15-7-13-19-9-3-1-4-10-19)23(27)24(28)22(18-26)30-16-8-14-20-11-5-2-6-12-20/h1-14,21-28H,15-18H2/t21-,22-,23-,24-/m1/s1. The lowest BCUT2D eigenvalue weighted by Gasteiger charge is -2.29. The third-order valence-corrected chi connectivity index (χ3v) is 4.50. The Bertz CT molecular complexity index is 681. The Morgan fingerprint density at radius 2 is 1.00 bits per heavy atom. The molecule has 2 aromatic carbocycles. The number of rotatable bonds is 13. The molecule has 162 valence electrons. The van der Waals surface area contributed by atoms with Crippen molar-refractivity contribution in [1.29, 1.82) is 0 Å². The number of ether oxygens (including phenoxy) is 2. The van der Waals surface area contributed by atoms with Crippen molar-refractivity contribution in [1.82, 2.24) is 0 Å². The van der Waals surface area contributed by atoms with Crippen LogP contribution in [0.1, 0.15) is 11.1 Å². The minimum absolute atomic E-state index is 0.147. The van der Waals surface area contributed by atoms with Crippen LogP contribution in [0.15, 0.2) is 72.8 Å². The number of hydrogen-bond acceptors (Lipinski definition) is 6. The first kappa shape index (κ1) is 24.0. The molecular formula is C24H30O6. The highest BCUT2D eigenvalue weighted by Crippen LogP contribution is 2.12. The first-order valence-electron chi connectivity index (χ1n) is 9.90. The van der Waals surface area contributed by atoms with Gasteiger partial charge in [-0.25, -0.2) is 0 Å². The second-order valence-electron chi connectivity index (χ2n) is 6.72. The van der Waals surface area contributed by atoms with Crippen LogP contribution in [-0.4, -0.2) is 71.3 Å². The summed E-state index contributed by atoms with van der Waals surface area (Å²) in [7, 11) is 0. The molecule has 0 saturated carbocycles. The van der Waals surface area contributed by atoms with Crippen LogP contribution in [0.5, 0.6) is 0 Å². The first-order chi connectivity index (χ1) is 14.7. The van der Waals surface area contributed by atoms with Crippen molar-refractivity contribution in [2.24, 2.45) is 0 Å². The molecule has 4 N–H and O–H groups in total. The van der Waals surface area contributed by atoms with Gasteiger partial charge in [0, 0.05) is 0 Å². The Hall–Kier alpha value is -2.32. The molecule has 0 radical (unpaired) electrons. The normalized spacial score (nSPS) is 16.0. The average molecular weight is 414 g/mol. The summed E-state index contributed by atoms with van der Waals surface area (Å²) in [6, 6.07) is 19.3. The summed E-state index contributed by atoms with van der Waals surface area (Å²) in [5.41, 5.74) is 2.00. The van der Waals surface area contributed by atoms with Gasteiger partial charge in [0.05, 0.1) is 26.4 Å². The molecule has 6 nitrogen and oxygen atoms in total. The van der Waals surface area contributed by atoms with E-state index in [0.717, 1.165) is 11.1 Å². The van der Waals surface area contributed by atoms with Crippen LogP contribution in [0.2, 0.25) is 0 Å². The van der Waals surface area contributed by atoms with Crippen LogP contribution in [0.4, 0.5) is 0 Å². The van der Waals surface area contributed by atoms with Gasteiger partial charge in [-0.15, -0.1) is 0 Å². The van der Waals surface area contributed by atoms with E-state index in [1.807, 2.05) is 72.8 Å². The number of aliphatic hydroxyl groups is 4. The van der Waals surface area contributed by atoms with Gasteiger partial charge in [0.2, 0.25) is 0 Å². The molecule has 0 amide bonds. The van der Waals surface area contributed by atoms with Crippen molar-refractivity contribution in [3.05, 3.63) is 83.9 Å². The second kappa shape index (κ2) is 13.8. The van der Waals surface area contributed by atoms with Crippen molar-refractivity contribution < 1.29 is 29.9 Å². The molecule has 2 rings (SSSR count). The summed E-state index contributed by atoms with van der Waals surface area (Å²) in [4.78, 5) is 0. The maximum absolute atomic E-state index is 10.4. The Morgan fingerprint density at radius 3 is 1.33 bits per heavy atom. The van der Waals surface area contributed by atoms with Gasteiger partial charge in [0.15, 0.2) is 0 Å². The van der Waals surface area contributed by atoms with E-state index in [4.69, 9.17) is 9.47 Å². The van der Waals surface area contributed by atoms with Gasteiger partial charge in [-0.2, -0.15) is 0 Å². The molecule has 0 aromatic heterocycles. The molecule has 0 spiro atoms. The summed E-state index contributed by atoms with van der Waals surface area (Å²) < 4.78 is 11.0. The van der Waals surface area contributed by atoms with Gasteiger partial charge in [-0.05, 0) is 11.1 Å². The van der Waals surface area contributed by atoms with Crippen molar-refractivity contribution in [2.45, 2.75) is 24.4 Å². The Kier molecular flexibility index (Phi) is 11.0. The Morgan fingerprint density at radius 1 is 0.633 bits per heavy atom. The van der Waals surface area contributed by atoms with Crippen LogP contribution in [0.25, 0.3) is 12.2 Å². The van der Waals surface area contributed by atoms with Gasteiger partial charge in [-0.1, -0.05) is 85.0 Å². The molecule has 4 atom stereocenters. The fourth-order valence-electron chi connectivity index (χ4n) is 2.81. The predicted molar refractivity (Wildman–Crippen MR) is 117 cm³/mol. The van der Waals surface area contributed by atoms with Crippen molar-refractivity contribution >= 4 is 12.2 Å². The molecule has 0 aliphatic heterocycles. The molecule has 0 heterocycles. The van der Waals surface area contributed by atoms with Crippen molar-refractivity contribution in [3.63, 3.8) is 0 Å². The number of aliphatic hydroxyl groups excluding tert-OH is 4. The van der Waals surface area contributed by atoms with Crippen LogP contribution in [0.3, 0.4) is 0 Å². The largest absolute Gasteiger partial charge is 0.394 e. The van der Waals surface area contributed by atoms with E-state index in [1.165, 1.54) is 0 Å². The van der Waals surface area contributed by atoms with Gasteiger partial charge >= 0.3 is 0 Å². The molecule has 0 saturated heterocycles. The summed E-state index contributed by atoms with van der Waals surface area (Å²) in [5, 5.41) is 39.8. The van der Waals surface area contributed by atoms with Gasteiger partial charge in [-0.3, -0.25) is 0 Å². The van der Waals surface area contributed by atoms with E-state index in [1.54, 1.807) is 12.2 Å². The highest BCUT2D eigenvalue weighted by molar-refractivity contribution is 5.49. The smallest absolute Gasteiger partial charge is 0.111 e. The first-order valence-corrected chi connectivity index (χ1v) is 9.90. The molecule has 0 aliphatic carbocycles. The van der Waals surface area contributed by atoms with E-state index < -0.39 is 37.6 Å². The third-order valence-electron chi connectivity index (χ3n) is 4.50. The minimum atomic E-state index is -1.42. The molecule has 2 aromatic rings. The zero-order chi connectivity index (χ0) is 21.6. The van der Waals surface area contributed by atoms with E-state index in [-0.39, 0.29) is 13.2 Å². The second-order valence-corrected chi connectivity index (χ2v) is 6.72. The molecule has 0 fully saturated rings. The van der Waals surface area contributed by atoms with Gasteiger partial charge < -0.3 is 29.9 Å². The third kappa shape index (κ3) is 8.20. The highest BCUT2D eigenvalue weighted by atomic mass is 16.5. The monoisotopic (exact) mass is 414 g/mol. The lowest BCUT2D eigenvalue weighted by Crippen LogP contribution is -2.49.